The Kier molecular flexibility index (Phi) is 4.39. The smallest absolute Gasteiger partial charge is 0.416 e. The molecule has 0 spiro atoms. The van der Waals surface area contributed by atoms with E-state index in [1.165, 1.54) is 6.07 Å². The topological polar surface area (TPSA) is 35.2 Å². The van der Waals surface area contributed by atoms with Crippen LogP contribution >= 0.6 is 23.8 Å². The molecular formula is C14H9ClF3NOS. The van der Waals surface area contributed by atoms with E-state index in [9.17, 15) is 13.2 Å². The molecule has 2 nitrogen and oxygen atoms in total. The third kappa shape index (κ3) is 3.86. The van der Waals surface area contributed by atoms with Gasteiger partial charge in [0.1, 0.15) is 16.5 Å². The zero-order valence-corrected chi connectivity index (χ0v) is 12.0. The van der Waals surface area contributed by atoms with Gasteiger partial charge in [0.2, 0.25) is 0 Å². The summed E-state index contributed by atoms with van der Waals surface area (Å²) in [5, 5.41) is -0.122. The molecule has 0 heterocycles. The highest BCUT2D eigenvalue weighted by molar-refractivity contribution is 7.80. The predicted molar refractivity (Wildman–Crippen MR) is 78.9 cm³/mol. The molecule has 2 rings (SSSR count). The van der Waals surface area contributed by atoms with Crippen LogP contribution in [0, 0.1) is 0 Å². The molecule has 0 atom stereocenters. The molecule has 2 aromatic carbocycles. The second-order valence-electron chi connectivity index (χ2n) is 4.13. The molecule has 21 heavy (non-hydrogen) atoms. The monoisotopic (exact) mass is 331 g/mol. The summed E-state index contributed by atoms with van der Waals surface area (Å²) >= 11 is 10.6. The number of nitrogens with two attached hydrogens (primary N) is 1. The molecule has 0 aliphatic heterocycles. The van der Waals surface area contributed by atoms with Gasteiger partial charge >= 0.3 is 6.18 Å². The summed E-state index contributed by atoms with van der Waals surface area (Å²) in [6.45, 7) is 0. The second-order valence-corrected chi connectivity index (χ2v) is 4.98. The van der Waals surface area contributed by atoms with Crippen LogP contribution in [0.25, 0.3) is 0 Å². The lowest BCUT2D eigenvalue weighted by molar-refractivity contribution is -0.137. The van der Waals surface area contributed by atoms with Crippen LogP contribution in [0.2, 0.25) is 5.02 Å². The summed E-state index contributed by atoms with van der Waals surface area (Å²) in [6, 6.07) is 9.40. The molecule has 0 saturated carbocycles. The summed E-state index contributed by atoms with van der Waals surface area (Å²) in [5.74, 6) is 0.546. The van der Waals surface area contributed by atoms with Crippen LogP contribution in [0.15, 0.2) is 42.5 Å². The van der Waals surface area contributed by atoms with E-state index < -0.39 is 11.7 Å². The number of halogens is 4. The van der Waals surface area contributed by atoms with Crippen LogP contribution in [0.1, 0.15) is 11.1 Å². The molecule has 0 saturated heterocycles. The number of hydrogen-bond acceptors (Lipinski definition) is 2. The largest absolute Gasteiger partial charge is 0.456 e. The van der Waals surface area contributed by atoms with Crippen molar-refractivity contribution in [2.75, 3.05) is 0 Å². The van der Waals surface area contributed by atoms with Gasteiger partial charge in [-0.2, -0.15) is 13.2 Å². The molecule has 7 heteroatoms. The first-order chi connectivity index (χ1) is 9.77. The SMILES string of the molecule is NC(=S)c1ccc(Oc2ccc(C(F)(F)F)cc2Cl)cc1. The Bertz CT molecular complexity index is 671. The van der Waals surface area contributed by atoms with Gasteiger partial charge in [-0.3, -0.25) is 0 Å². The summed E-state index contributed by atoms with van der Waals surface area (Å²) < 4.78 is 43.0. The van der Waals surface area contributed by atoms with Crippen molar-refractivity contribution in [3.8, 4) is 11.5 Å². The minimum absolute atomic E-state index is 0.122. The third-order valence-electron chi connectivity index (χ3n) is 2.63. The molecule has 0 aliphatic rings. The fraction of sp³-hybridized carbons (Fsp3) is 0.0714. The van der Waals surface area contributed by atoms with E-state index in [0.29, 0.717) is 11.3 Å². The Balaban J connectivity index is 2.22. The van der Waals surface area contributed by atoms with Crippen LogP contribution in [0.4, 0.5) is 13.2 Å². The molecule has 110 valence electrons. The van der Waals surface area contributed by atoms with E-state index in [1.54, 1.807) is 24.3 Å². The number of hydrogen-bond donors (Lipinski definition) is 1. The van der Waals surface area contributed by atoms with Gasteiger partial charge in [-0.05, 0) is 42.5 Å². The Morgan fingerprint density at radius 1 is 1.10 bits per heavy atom. The van der Waals surface area contributed by atoms with Gasteiger partial charge in [0.05, 0.1) is 10.6 Å². The van der Waals surface area contributed by atoms with E-state index in [4.69, 9.17) is 34.3 Å². The fourth-order valence-electron chi connectivity index (χ4n) is 1.57. The second kappa shape index (κ2) is 5.91. The number of ether oxygens (including phenoxy) is 1. The highest BCUT2D eigenvalue weighted by Gasteiger charge is 2.31. The van der Waals surface area contributed by atoms with Crippen LogP contribution in [-0.2, 0) is 6.18 Å². The van der Waals surface area contributed by atoms with E-state index in [0.717, 1.165) is 12.1 Å². The molecule has 0 aromatic heterocycles. The van der Waals surface area contributed by atoms with Gasteiger partial charge in [0, 0.05) is 5.56 Å². The number of thiocarbonyl (C=S) groups is 1. The molecule has 2 aromatic rings. The van der Waals surface area contributed by atoms with Gasteiger partial charge < -0.3 is 10.5 Å². The maximum absolute atomic E-state index is 12.5. The van der Waals surface area contributed by atoms with Crippen molar-refractivity contribution >= 4 is 28.8 Å². The molecule has 0 unspecified atom stereocenters. The van der Waals surface area contributed by atoms with Crippen LogP contribution in [0.3, 0.4) is 0 Å². The van der Waals surface area contributed by atoms with Crippen molar-refractivity contribution in [1.82, 2.24) is 0 Å². The van der Waals surface area contributed by atoms with Crippen molar-refractivity contribution in [2.45, 2.75) is 6.18 Å². The lowest BCUT2D eigenvalue weighted by Gasteiger charge is -2.11. The van der Waals surface area contributed by atoms with Gasteiger partial charge in [0.15, 0.2) is 0 Å². The van der Waals surface area contributed by atoms with E-state index >= 15 is 0 Å². The van der Waals surface area contributed by atoms with E-state index in [-0.39, 0.29) is 15.8 Å². The van der Waals surface area contributed by atoms with Gasteiger partial charge in [-0.15, -0.1) is 0 Å². The predicted octanol–water partition coefficient (Wildman–Crippen LogP) is 4.79. The zero-order chi connectivity index (χ0) is 15.6. The van der Waals surface area contributed by atoms with Crippen molar-refractivity contribution in [1.29, 1.82) is 0 Å². The van der Waals surface area contributed by atoms with Gasteiger partial charge in [-0.25, -0.2) is 0 Å². The number of alkyl halides is 3. The van der Waals surface area contributed by atoms with Crippen molar-refractivity contribution in [3.05, 3.63) is 58.6 Å². The first kappa shape index (κ1) is 15.6. The number of benzene rings is 2. The molecule has 2 N–H and O–H groups in total. The summed E-state index contributed by atoms with van der Waals surface area (Å²) in [6.07, 6.45) is -4.44. The molecular weight excluding hydrogens is 323 g/mol. The lowest BCUT2D eigenvalue weighted by atomic mass is 10.2. The highest BCUT2D eigenvalue weighted by Crippen LogP contribution is 2.36. The standard InChI is InChI=1S/C14H9ClF3NOS/c15-11-7-9(14(16,17)18)3-6-12(11)20-10-4-1-8(2-5-10)13(19)21/h1-7H,(H2,19,21). The first-order valence-corrected chi connectivity index (χ1v) is 6.50. The highest BCUT2D eigenvalue weighted by atomic mass is 35.5. The Morgan fingerprint density at radius 2 is 1.71 bits per heavy atom. The summed E-state index contributed by atoms with van der Waals surface area (Å²) in [4.78, 5) is 0.245. The van der Waals surface area contributed by atoms with Gasteiger partial charge in [-0.1, -0.05) is 23.8 Å². The molecule has 0 fully saturated rings. The summed E-state index contributed by atoms with van der Waals surface area (Å²) in [5.41, 5.74) is 5.29. The molecule has 0 amide bonds. The molecule has 0 bridgehead atoms. The van der Waals surface area contributed by atoms with Crippen LogP contribution in [0.5, 0.6) is 11.5 Å². The Hall–Kier alpha value is -1.79. The van der Waals surface area contributed by atoms with E-state index in [1.807, 2.05) is 0 Å². The Morgan fingerprint density at radius 3 is 2.19 bits per heavy atom. The molecule has 0 aliphatic carbocycles. The van der Waals surface area contributed by atoms with Crippen LogP contribution in [-0.4, -0.2) is 4.99 Å². The van der Waals surface area contributed by atoms with Crippen LogP contribution < -0.4 is 10.5 Å². The Labute approximate surface area is 129 Å². The molecule has 0 radical (unpaired) electrons. The normalized spacial score (nSPS) is 11.2. The number of rotatable bonds is 3. The summed E-state index contributed by atoms with van der Waals surface area (Å²) in [7, 11) is 0. The van der Waals surface area contributed by atoms with Crippen molar-refractivity contribution < 1.29 is 17.9 Å². The van der Waals surface area contributed by atoms with Crippen molar-refractivity contribution in [2.24, 2.45) is 5.73 Å². The average Bonchev–Trinajstić information content (AvgIpc) is 2.40. The lowest BCUT2D eigenvalue weighted by Crippen LogP contribution is -2.08. The fourth-order valence-corrected chi connectivity index (χ4v) is 1.93. The van der Waals surface area contributed by atoms with E-state index in [2.05, 4.69) is 0 Å². The maximum atomic E-state index is 12.5. The minimum atomic E-state index is -4.44. The quantitative estimate of drug-likeness (QED) is 0.822. The zero-order valence-electron chi connectivity index (χ0n) is 10.4. The first-order valence-electron chi connectivity index (χ1n) is 5.72. The third-order valence-corrected chi connectivity index (χ3v) is 3.16. The van der Waals surface area contributed by atoms with Gasteiger partial charge in [0.25, 0.3) is 0 Å². The average molecular weight is 332 g/mol. The maximum Gasteiger partial charge on any atom is 0.416 e. The minimum Gasteiger partial charge on any atom is -0.456 e. The van der Waals surface area contributed by atoms with Crippen molar-refractivity contribution in [3.63, 3.8) is 0 Å².